The second kappa shape index (κ2) is 7.57. The van der Waals surface area contributed by atoms with Crippen LogP contribution in [0.15, 0.2) is 36.4 Å². The van der Waals surface area contributed by atoms with Gasteiger partial charge in [-0.1, -0.05) is 52.5 Å². The second-order valence-electron chi connectivity index (χ2n) is 4.43. The smallest absolute Gasteiger partial charge is 0.138 e. The van der Waals surface area contributed by atoms with E-state index < -0.39 is 0 Å². The molecule has 6 heteroatoms. The average molecular weight is 366 g/mol. The van der Waals surface area contributed by atoms with E-state index in [-0.39, 0.29) is 19.1 Å². The third-order valence-corrected chi connectivity index (χ3v) is 4.05. The fraction of sp³-hybridized carbons (Fsp3) is 0.200. The van der Waals surface area contributed by atoms with Gasteiger partial charge in [-0.15, -0.1) is 0 Å². The molecule has 0 aliphatic carbocycles. The van der Waals surface area contributed by atoms with E-state index in [0.717, 1.165) is 5.56 Å². The summed E-state index contributed by atoms with van der Waals surface area (Å²) in [5.74, 6) is 0.228. The molecule has 0 aromatic heterocycles. The molecule has 0 heterocycles. The molecule has 1 atom stereocenters. The van der Waals surface area contributed by atoms with Crippen molar-refractivity contribution in [2.45, 2.75) is 5.92 Å². The van der Waals surface area contributed by atoms with Gasteiger partial charge in [0, 0.05) is 21.0 Å². The van der Waals surface area contributed by atoms with E-state index in [4.69, 9.17) is 51.1 Å². The standard InChI is InChI=1S/C15H12Cl4O2/c16-10-1-3-12(13(18)5-10)9(7-20)8-21-15-4-2-11(17)6-14(15)19/h1-6,9,20H,7-8H2/t9-/m0/s1. The number of benzene rings is 2. The number of hydrogen-bond acceptors (Lipinski definition) is 2. The molecule has 2 nitrogen and oxygen atoms in total. The van der Waals surface area contributed by atoms with Crippen LogP contribution in [0.4, 0.5) is 0 Å². The summed E-state index contributed by atoms with van der Waals surface area (Å²) >= 11 is 23.9. The Balaban J connectivity index is 2.12. The average Bonchev–Trinajstić information content (AvgIpc) is 2.43. The highest BCUT2D eigenvalue weighted by Crippen LogP contribution is 2.31. The van der Waals surface area contributed by atoms with Crippen LogP contribution in [0.1, 0.15) is 11.5 Å². The van der Waals surface area contributed by atoms with E-state index in [2.05, 4.69) is 0 Å². The van der Waals surface area contributed by atoms with Crippen molar-refractivity contribution in [3.63, 3.8) is 0 Å². The van der Waals surface area contributed by atoms with Crippen molar-refractivity contribution in [1.82, 2.24) is 0 Å². The SMILES string of the molecule is OC[C@@H](COc1ccc(Cl)cc1Cl)c1ccc(Cl)cc1Cl. The maximum Gasteiger partial charge on any atom is 0.138 e. The topological polar surface area (TPSA) is 29.5 Å². The van der Waals surface area contributed by atoms with Gasteiger partial charge in [0.25, 0.3) is 0 Å². The van der Waals surface area contributed by atoms with E-state index in [9.17, 15) is 5.11 Å². The Morgan fingerprint density at radius 2 is 1.52 bits per heavy atom. The Labute approximate surface area is 143 Å². The first-order valence-corrected chi connectivity index (χ1v) is 7.66. The monoisotopic (exact) mass is 364 g/mol. The third-order valence-electron chi connectivity index (χ3n) is 2.96. The van der Waals surface area contributed by atoms with Crippen LogP contribution < -0.4 is 4.74 Å². The molecule has 0 spiro atoms. The highest BCUT2D eigenvalue weighted by atomic mass is 35.5. The minimum absolute atomic E-state index is 0.105. The van der Waals surface area contributed by atoms with Gasteiger partial charge in [0.1, 0.15) is 5.75 Å². The molecule has 0 fully saturated rings. The third kappa shape index (κ3) is 4.41. The number of aliphatic hydroxyl groups excluding tert-OH is 1. The Kier molecular flexibility index (Phi) is 6.03. The molecule has 0 aliphatic heterocycles. The first-order chi connectivity index (χ1) is 10.0. The highest BCUT2D eigenvalue weighted by molar-refractivity contribution is 6.35. The van der Waals surface area contributed by atoms with Gasteiger partial charge in [0.05, 0.1) is 18.2 Å². The van der Waals surface area contributed by atoms with E-state index in [1.165, 1.54) is 0 Å². The van der Waals surface area contributed by atoms with Crippen LogP contribution in [0.2, 0.25) is 20.1 Å². The van der Waals surface area contributed by atoms with Crippen LogP contribution in [-0.2, 0) is 0 Å². The molecule has 0 saturated heterocycles. The van der Waals surface area contributed by atoms with Gasteiger partial charge in [-0.3, -0.25) is 0 Å². The normalized spacial score (nSPS) is 12.2. The Hall–Kier alpha value is -0.640. The Morgan fingerprint density at radius 1 is 0.905 bits per heavy atom. The molecule has 0 aliphatic rings. The van der Waals surface area contributed by atoms with Crippen molar-refractivity contribution in [3.05, 3.63) is 62.1 Å². The predicted molar refractivity (Wildman–Crippen MR) is 88.2 cm³/mol. The number of halogens is 4. The minimum Gasteiger partial charge on any atom is -0.491 e. The van der Waals surface area contributed by atoms with Crippen molar-refractivity contribution < 1.29 is 9.84 Å². The molecule has 0 radical (unpaired) electrons. The van der Waals surface area contributed by atoms with E-state index in [1.807, 2.05) is 0 Å². The van der Waals surface area contributed by atoms with E-state index >= 15 is 0 Å². The molecule has 112 valence electrons. The van der Waals surface area contributed by atoms with Crippen LogP contribution in [-0.4, -0.2) is 18.3 Å². The van der Waals surface area contributed by atoms with Crippen molar-refractivity contribution >= 4 is 46.4 Å². The van der Waals surface area contributed by atoms with Gasteiger partial charge in [0.2, 0.25) is 0 Å². The lowest BCUT2D eigenvalue weighted by molar-refractivity contribution is 0.205. The summed E-state index contributed by atoms with van der Waals surface area (Å²) in [4.78, 5) is 0. The molecule has 1 N–H and O–H groups in total. The number of ether oxygens (including phenoxy) is 1. The summed E-state index contributed by atoms with van der Waals surface area (Å²) in [5, 5.41) is 11.5. The largest absolute Gasteiger partial charge is 0.491 e. The molecule has 21 heavy (non-hydrogen) atoms. The van der Waals surface area contributed by atoms with Gasteiger partial charge in [-0.25, -0.2) is 0 Å². The summed E-state index contributed by atoms with van der Waals surface area (Å²) in [6.07, 6.45) is 0. The van der Waals surface area contributed by atoms with Crippen LogP contribution >= 0.6 is 46.4 Å². The Morgan fingerprint density at radius 3 is 2.10 bits per heavy atom. The van der Waals surface area contributed by atoms with Crippen LogP contribution in [0.3, 0.4) is 0 Å². The van der Waals surface area contributed by atoms with Gasteiger partial charge >= 0.3 is 0 Å². The predicted octanol–water partition coefficient (Wildman–Crippen LogP) is 5.46. The Bertz CT molecular complexity index is 631. The van der Waals surface area contributed by atoms with Gasteiger partial charge in [-0.2, -0.15) is 0 Å². The summed E-state index contributed by atoms with van der Waals surface area (Å²) in [5.41, 5.74) is 0.772. The van der Waals surface area contributed by atoms with Gasteiger partial charge in [-0.05, 0) is 35.9 Å². The van der Waals surface area contributed by atoms with Crippen molar-refractivity contribution in [1.29, 1.82) is 0 Å². The first-order valence-electron chi connectivity index (χ1n) is 6.15. The molecular weight excluding hydrogens is 354 g/mol. The van der Waals surface area contributed by atoms with Crippen LogP contribution in [0, 0.1) is 0 Å². The van der Waals surface area contributed by atoms with Crippen molar-refractivity contribution in [2.24, 2.45) is 0 Å². The molecular formula is C15H12Cl4O2. The summed E-state index contributed by atoms with van der Waals surface area (Å²) in [7, 11) is 0. The van der Waals surface area contributed by atoms with Gasteiger partial charge < -0.3 is 9.84 Å². The fourth-order valence-corrected chi connectivity index (χ4v) is 2.88. The zero-order valence-corrected chi connectivity index (χ0v) is 13.8. The second-order valence-corrected chi connectivity index (χ2v) is 6.12. The quantitative estimate of drug-likeness (QED) is 0.762. The number of aliphatic hydroxyl groups is 1. The number of hydrogen-bond donors (Lipinski definition) is 1. The maximum atomic E-state index is 9.54. The summed E-state index contributed by atoms with van der Waals surface area (Å²) in [6, 6.07) is 10.1. The lowest BCUT2D eigenvalue weighted by Gasteiger charge is -2.18. The minimum atomic E-state index is -0.276. The molecule has 2 aromatic carbocycles. The molecule has 0 amide bonds. The molecule has 0 bridgehead atoms. The zero-order valence-electron chi connectivity index (χ0n) is 10.8. The lowest BCUT2D eigenvalue weighted by atomic mass is 10.0. The molecule has 2 aromatic rings. The zero-order chi connectivity index (χ0) is 15.4. The molecule has 0 saturated carbocycles. The van der Waals surface area contributed by atoms with Crippen molar-refractivity contribution in [2.75, 3.05) is 13.2 Å². The molecule has 2 rings (SSSR count). The maximum absolute atomic E-state index is 9.54. The van der Waals surface area contributed by atoms with Crippen LogP contribution in [0.5, 0.6) is 5.75 Å². The first kappa shape index (κ1) is 16.7. The lowest BCUT2D eigenvalue weighted by Crippen LogP contribution is -2.14. The van der Waals surface area contributed by atoms with Crippen molar-refractivity contribution in [3.8, 4) is 5.75 Å². The highest BCUT2D eigenvalue weighted by Gasteiger charge is 2.16. The number of rotatable bonds is 5. The fourth-order valence-electron chi connectivity index (χ4n) is 1.86. The molecule has 0 unspecified atom stereocenters. The van der Waals surface area contributed by atoms with Gasteiger partial charge in [0.15, 0.2) is 0 Å². The van der Waals surface area contributed by atoms with E-state index in [1.54, 1.807) is 36.4 Å². The van der Waals surface area contributed by atoms with E-state index in [0.29, 0.717) is 25.8 Å². The summed E-state index contributed by atoms with van der Waals surface area (Å²) in [6.45, 7) is 0.131. The summed E-state index contributed by atoms with van der Waals surface area (Å²) < 4.78 is 5.64. The van der Waals surface area contributed by atoms with Crippen LogP contribution in [0.25, 0.3) is 0 Å².